The molecule has 30 heteroatoms. The van der Waals surface area contributed by atoms with E-state index >= 15 is 0 Å². The summed E-state index contributed by atoms with van der Waals surface area (Å²) in [6.45, 7) is 10.4. The molecule has 0 radical (unpaired) electrons. The van der Waals surface area contributed by atoms with E-state index in [2.05, 4.69) is 68.1 Å². The largest absolute Gasteiger partial charge is 0.481 e. The van der Waals surface area contributed by atoms with Gasteiger partial charge in [-0.25, -0.2) is 4.98 Å². The maximum atomic E-state index is 14.6. The van der Waals surface area contributed by atoms with Crippen LogP contribution < -0.4 is 70.4 Å². The first-order chi connectivity index (χ1) is 42.1. The van der Waals surface area contributed by atoms with Crippen LogP contribution in [0.4, 0.5) is 0 Å². The number of carbonyl (C=O) groups excluding carboxylic acids is 10. The third-order valence-corrected chi connectivity index (χ3v) is 14.3. The van der Waals surface area contributed by atoms with E-state index in [1.54, 1.807) is 88.4 Å². The van der Waals surface area contributed by atoms with Gasteiger partial charge in [0.05, 0.1) is 25.2 Å². The summed E-state index contributed by atoms with van der Waals surface area (Å²) in [5.74, 6) is -13.9. The van der Waals surface area contributed by atoms with E-state index in [1.165, 1.54) is 26.4 Å². The van der Waals surface area contributed by atoms with E-state index < -0.39 is 156 Å². The number of aromatic amines is 1. The number of rotatable bonds is 37. The lowest BCUT2D eigenvalue weighted by Crippen LogP contribution is -2.62. The molecule has 0 bridgehead atoms. The van der Waals surface area contributed by atoms with Gasteiger partial charge < -0.3 is 85.6 Å². The Balaban J connectivity index is 1.58. The number of carbonyl (C=O) groups is 12. The van der Waals surface area contributed by atoms with Crippen molar-refractivity contribution in [2.75, 3.05) is 13.1 Å². The number of amides is 10. The predicted octanol–water partition coefficient (Wildman–Crippen LogP) is -2.60. The molecule has 1 saturated heterocycles. The second-order valence-corrected chi connectivity index (χ2v) is 22.9. The first kappa shape index (κ1) is 72.0. The van der Waals surface area contributed by atoms with Crippen molar-refractivity contribution in [2.45, 2.75) is 166 Å². The molecular weight excluding hydrogens is 1160 g/mol. The van der Waals surface area contributed by atoms with Crippen molar-refractivity contribution in [3.63, 3.8) is 0 Å². The van der Waals surface area contributed by atoms with Crippen LogP contribution in [0.5, 0.6) is 0 Å². The molecule has 10 atom stereocenters. The summed E-state index contributed by atoms with van der Waals surface area (Å²) in [6, 6.07) is 3.39. The molecule has 30 nitrogen and oxygen atoms in total. The van der Waals surface area contributed by atoms with E-state index in [9.17, 15) is 67.7 Å². The highest BCUT2D eigenvalue weighted by atomic mass is 16.4. The van der Waals surface area contributed by atoms with Gasteiger partial charge in [-0.3, -0.25) is 62.5 Å². The van der Waals surface area contributed by atoms with Gasteiger partial charge in [-0.15, -0.1) is 0 Å². The van der Waals surface area contributed by atoms with Crippen LogP contribution in [0.3, 0.4) is 0 Å². The van der Waals surface area contributed by atoms with E-state index in [1.807, 2.05) is 0 Å². The molecule has 1 aliphatic rings. The lowest BCUT2D eigenvalue weighted by molar-refractivity contribution is -0.142. The highest BCUT2D eigenvalue weighted by Gasteiger charge is 2.38. The number of nitrogens with one attached hydrogen (secondary N) is 11. The molecule has 1 fully saturated rings. The summed E-state index contributed by atoms with van der Waals surface area (Å²) in [5, 5.41) is 45.5. The Morgan fingerprint density at radius 2 is 0.989 bits per heavy atom. The van der Waals surface area contributed by atoms with Crippen molar-refractivity contribution >= 4 is 77.0 Å². The van der Waals surface area contributed by atoms with Gasteiger partial charge in [0.2, 0.25) is 59.1 Å². The van der Waals surface area contributed by atoms with Crippen molar-refractivity contribution < 1.29 is 67.7 Å². The van der Waals surface area contributed by atoms with E-state index in [0.717, 1.165) is 0 Å². The maximum Gasteiger partial charge on any atom is 0.305 e. The highest BCUT2D eigenvalue weighted by molar-refractivity contribution is 6.00. The summed E-state index contributed by atoms with van der Waals surface area (Å²) < 4.78 is 0. The molecule has 1 aromatic heterocycles. The topological polar surface area (TPSA) is 485 Å². The fraction of sp³-hybridized carbons (Fsp3) is 0.525. The Labute approximate surface area is 515 Å². The molecule has 0 aliphatic carbocycles. The smallest absolute Gasteiger partial charge is 0.305 e. The molecule has 2 aromatic carbocycles. The lowest BCUT2D eigenvalue weighted by atomic mass is 9.98. The summed E-state index contributed by atoms with van der Waals surface area (Å²) >= 11 is 0. The number of carboxylic acid groups (broad SMARTS) is 2. The fourth-order valence-electron chi connectivity index (χ4n) is 9.57. The number of aliphatic carboxylic acids is 2. The van der Waals surface area contributed by atoms with Crippen molar-refractivity contribution in [2.24, 2.45) is 39.9 Å². The van der Waals surface area contributed by atoms with Crippen LogP contribution in [-0.2, 0) is 76.8 Å². The third kappa shape index (κ3) is 25.0. The molecule has 1 aliphatic heterocycles. The molecule has 19 N–H and O–H groups in total. The minimum Gasteiger partial charge on any atom is -0.481 e. The number of guanidine groups is 1. The number of aliphatic imine (C=N–C) groups is 1. The number of imidazole rings is 1. The Morgan fingerprint density at radius 1 is 0.551 bits per heavy atom. The quantitative estimate of drug-likeness (QED) is 0.0160. The van der Waals surface area contributed by atoms with Gasteiger partial charge in [0.25, 0.3) is 0 Å². The zero-order chi connectivity index (χ0) is 65.9. The average Bonchev–Trinajstić information content (AvgIpc) is 4.04. The summed E-state index contributed by atoms with van der Waals surface area (Å²) in [4.78, 5) is 174. The summed E-state index contributed by atoms with van der Waals surface area (Å²) in [6.07, 6.45) is 1.66. The molecule has 3 aromatic rings. The van der Waals surface area contributed by atoms with Crippen LogP contribution in [0, 0.1) is 17.8 Å². The van der Waals surface area contributed by atoms with Gasteiger partial charge in [-0.2, -0.15) is 0 Å². The summed E-state index contributed by atoms with van der Waals surface area (Å²) in [5.41, 5.74) is 18.3. The van der Waals surface area contributed by atoms with Crippen molar-refractivity contribution in [1.82, 2.24) is 63.1 Å². The Hall–Kier alpha value is -9.48. The maximum absolute atomic E-state index is 14.6. The molecule has 4 rings (SSSR count). The van der Waals surface area contributed by atoms with Crippen molar-refractivity contribution in [3.8, 4) is 0 Å². The number of H-pyrrole nitrogens is 1. The van der Waals surface area contributed by atoms with Crippen LogP contribution >= 0.6 is 0 Å². The minimum atomic E-state index is -1.90. The first-order valence-corrected chi connectivity index (χ1v) is 29.4. The predicted molar refractivity (Wildman–Crippen MR) is 324 cm³/mol. The van der Waals surface area contributed by atoms with E-state index in [4.69, 9.17) is 17.2 Å². The monoisotopic (exact) mass is 1240 g/mol. The molecule has 0 spiro atoms. The fourth-order valence-corrected chi connectivity index (χ4v) is 9.57. The normalized spacial score (nSPS) is 15.9. The average molecular weight is 1240 g/mol. The first-order valence-electron chi connectivity index (χ1n) is 29.4. The Morgan fingerprint density at radius 3 is 1.47 bits per heavy atom. The van der Waals surface area contributed by atoms with Gasteiger partial charge in [-0.05, 0) is 67.5 Å². The number of benzene rings is 2. The van der Waals surface area contributed by atoms with Gasteiger partial charge in [-0.1, -0.05) is 102 Å². The van der Waals surface area contributed by atoms with Gasteiger partial charge in [0.1, 0.15) is 54.4 Å². The number of hydrogen-bond acceptors (Lipinski definition) is 15. The van der Waals surface area contributed by atoms with Gasteiger partial charge in [0.15, 0.2) is 5.96 Å². The molecule has 0 saturated carbocycles. The molecule has 10 amide bonds. The molecule has 0 unspecified atom stereocenters. The highest BCUT2D eigenvalue weighted by Crippen LogP contribution is 2.14. The number of hydrogen-bond donors (Lipinski definition) is 16. The zero-order valence-corrected chi connectivity index (χ0v) is 50.8. The SMILES string of the molecule is CC(C)C[C@H](NC(=O)[C@H](Cc1ccccc1)NC(=O)[C@@H](NC(=O)[C@@H](Cc1cnc[nH]1)NC(=O)[C@H](CC(=O)O)NC(=O)[C@@H](NC(=O)[C@H](CC(=O)O)NC(=O)[C@@H]1CCCN1)C(C)C)C(C)C)C(=O)N[C@@H](CCCN=C(N)N)C(=O)N[C@@H](Cc1ccccc1)C(N)=O. The molecule has 486 valence electrons. The standard InChI is InChI=1S/C59H86N16O14/c1-31(2)23-40(52(83)67-38(20-14-22-65-59(61)62)51(82)68-39(49(60)80)24-34-15-9-7-10-16-34)69-53(84)41(25-35-17-11-8-12-18-35)72-57(88)47(32(3)4)74-55(86)42(26-36-29-63-30-66-36)70-54(85)43(27-45(76)77)73-58(89)48(33(5)6)75-56(87)44(28-46(78)79)71-50(81)37-19-13-21-64-37/h7-12,15-18,29-33,37-44,47-48,64H,13-14,19-28H2,1-6H3,(H2,60,80)(H,63,66)(H,67,83)(H,68,82)(H,69,84)(H,70,85)(H,71,81)(H,72,88)(H,73,89)(H,74,86)(H,75,87)(H,76,77)(H,78,79)(H4,61,62,65)/t37-,38-,39-,40-,41-,42+,43-,44-,47-,48-/m0/s1. The van der Waals surface area contributed by atoms with E-state index in [0.29, 0.717) is 36.2 Å². The van der Waals surface area contributed by atoms with Crippen LogP contribution in [0.15, 0.2) is 78.2 Å². The third-order valence-electron chi connectivity index (χ3n) is 14.3. The molecule has 2 heterocycles. The molecule has 89 heavy (non-hydrogen) atoms. The van der Waals surface area contributed by atoms with Gasteiger partial charge >= 0.3 is 11.9 Å². The number of carboxylic acids is 2. The minimum absolute atomic E-state index is 0.0180. The number of nitrogens with two attached hydrogens (primary N) is 3. The van der Waals surface area contributed by atoms with Gasteiger partial charge in [0, 0.05) is 37.7 Å². The number of aromatic nitrogens is 2. The second-order valence-electron chi connectivity index (χ2n) is 22.9. The number of nitrogens with zero attached hydrogens (tertiary/aromatic N) is 2. The van der Waals surface area contributed by atoms with Crippen molar-refractivity contribution in [3.05, 3.63) is 90.0 Å². The Kier molecular flexibility index (Phi) is 29.1. The van der Waals surface area contributed by atoms with Crippen LogP contribution in [-0.4, -0.2) is 171 Å². The van der Waals surface area contributed by atoms with Crippen LogP contribution in [0.25, 0.3) is 0 Å². The summed E-state index contributed by atoms with van der Waals surface area (Å²) in [7, 11) is 0. The number of primary amides is 1. The zero-order valence-electron chi connectivity index (χ0n) is 50.8. The lowest BCUT2D eigenvalue weighted by Gasteiger charge is -2.29. The van der Waals surface area contributed by atoms with Crippen LogP contribution in [0.1, 0.15) is 103 Å². The van der Waals surface area contributed by atoms with Crippen molar-refractivity contribution in [1.29, 1.82) is 0 Å². The van der Waals surface area contributed by atoms with E-state index in [-0.39, 0.29) is 56.9 Å². The second kappa shape index (κ2) is 36.0. The van der Waals surface area contributed by atoms with Crippen LogP contribution in [0.2, 0.25) is 0 Å². The molecular formula is C59H86N16O14. The Bertz CT molecular complexity index is 2920.